The molecule has 1 fully saturated rings. The first-order valence-electron chi connectivity index (χ1n) is 8.47. The van der Waals surface area contributed by atoms with Gasteiger partial charge in [-0.15, -0.1) is 29.1 Å². The Morgan fingerprint density at radius 2 is 2.15 bits per heavy atom. The van der Waals surface area contributed by atoms with Gasteiger partial charge in [0.2, 0.25) is 0 Å². The van der Waals surface area contributed by atoms with E-state index in [4.69, 9.17) is 4.52 Å². The Balaban J connectivity index is 0.00000196. The summed E-state index contributed by atoms with van der Waals surface area (Å²) >= 11 is 0. The number of nitrogens with one attached hydrogen (secondary N) is 1. The van der Waals surface area contributed by atoms with Crippen LogP contribution < -0.4 is 5.32 Å². The van der Waals surface area contributed by atoms with Crippen molar-refractivity contribution in [3.05, 3.63) is 42.5 Å². The van der Waals surface area contributed by atoms with E-state index in [0.29, 0.717) is 6.04 Å². The summed E-state index contributed by atoms with van der Waals surface area (Å²) in [5.41, 5.74) is 1.81. The first-order chi connectivity index (χ1) is 12.3. The van der Waals surface area contributed by atoms with Crippen LogP contribution in [0.4, 0.5) is 5.82 Å². The molecular formula is C17H22IN7O. The summed E-state index contributed by atoms with van der Waals surface area (Å²) in [7, 11) is 1.89. The second kappa shape index (κ2) is 8.58. The molecule has 1 saturated heterocycles. The van der Waals surface area contributed by atoms with Gasteiger partial charge in [0.05, 0.1) is 12.7 Å². The van der Waals surface area contributed by atoms with Gasteiger partial charge in [0.25, 0.3) is 0 Å². The summed E-state index contributed by atoms with van der Waals surface area (Å²) in [6.07, 6.45) is 7.56. The van der Waals surface area contributed by atoms with Crippen LogP contribution in [0.1, 0.15) is 18.6 Å². The van der Waals surface area contributed by atoms with Crippen LogP contribution in [0.15, 0.2) is 41.3 Å². The Kier molecular flexibility index (Phi) is 6.20. The average molecular weight is 467 g/mol. The number of likely N-dealkylation sites (tertiary alicyclic amines) is 1. The van der Waals surface area contributed by atoms with E-state index in [2.05, 4.69) is 30.7 Å². The molecule has 0 saturated carbocycles. The molecule has 0 amide bonds. The van der Waals surface area contributed by atoms with Crippen molar-refractivity contribution in [2.45, 2.75) is 25.4 Å². The Labute approximate surface area is 169 Å². The summed E-state index contributed by atoms with van der Waals surface area (Å²) in [4.78, 5) is 2.39. The van der Waals surface area contributed by atoms with Crippen molar-refractivity contribution in [1.82, 2.24) is 30.0 Å². The first-order valence-corrected chi connectivity index (χ1v) is 8.47. The minimum Gasteiger partial charge on any atom is -0.366 e. The van der Waals surface area contributed by atoms with Crippen LogP contribution in [0, 0.1) is 0 Å². The molecule has 4 rings (SSSR count). The molecule has 0 aromatic carbocycles. The topological polar surface area (TPSA) is 84.9 Å². The number of aromatic nitrogens is 5. The molecule has 0 bridgehead atoms. The lowest BCUT2D eigenvalue weighted by atomic mass is 10.0. The van der Waals surface area contributed by atoms with Gasteiger partial charge in [-0.3, -0.25) is 9.58 Å². The number of anilines is 1. The highest BCUT2D eigenvalue weighted by Gasteiger charge is 2.21. The normalized spacial score (nSPS) is 15.6. The van der Waals surface area contributed by atoms with Crippen molar-refractivity contribution in [3.8, 4) is 11.3 Å². The van der Waals surface area contributed by atoms with Crippen molar-refractivity contribution in [2.75, 3.05) is 18.4 Å². The van der Waals surface area contributed by atoms with Crippen LogP contribution >= 0.6 is 24.0 Å². The molecule has 3 aromatic rings. The van der Waals surface area contributed by atoms with Gasteiger partial charge >= 0.3 is 0 Å². The van der Waals surface area contributed by atoms with Crippen molar-refractivity contribution < 1.29 is 4.52 Å². The fourth-order valence-corrected chi connectivity index (χ4v) is 3.12. The molecule has 1 aliphatic heterocycles. The van der Waals surface area contributed by atoms with E-state index >= 15 is 0 Å². The lowest BCUT2D eigenvalue weighted by Crippen LogP contribution is -2.38. The second-order valence-corrected chi connectivity index (χ2v) is 6.38. The third-order valence-corrected chi connectivity index (χ3v) is 4.45. The maximum Gasteiger partial charge on any atom is 0.151 e. The first kappa shape index (κ1) is 18.8. The van der Waals surface area contributed by atoms with E-state index in [9.17, 15) is 0 Å². The van der Waals surface area contributed by atoms with E-state index in [1.165, 1.54) is 0 Å². The number of hydrogen-bond donors (Lipinski definition) is 1. The summed E-state index contributed by atoms with van der Waals surface area (Å²) in [5, 5.41) is 19.8. The highest BCUT2D eigenvalue weighted by Crippen LogP contribution is 2.21. The molecule has 0 radical (unpaired) electrons. The maximum atomic E-state index is 5.49. The van der Waals surface area contributed by atoms with E-state index in [1.807, 2.05) is 31.4 Å². The molecule has 0 aliphatic carbocycles. The predicted molar refractivity (Wildman–Crippen MR) is 108 cm³/mol. The summed E-state index contributed by atoms with van der Waals surface area (Å²) in [6, 6.07) is 6.29. The zero-order valence-electron chi connectivity index (χ0n) is 14.6. The Morgan fingerprint density at radius 1 is 1.31 bits per heavy atom. The molecule has 1 aliphatic rings. The monoisotopic (exact) mass is 467 g/mol. The van der Waals surface area contributed by atoms with Crippen LogP contribution in [0.5, 0.6) is 0 Å². The molecule has 0 atom stereocenters. The van der Waals surface area contributed by atoms with Gasteiger partial charge in [0.15, 0.2) is 5.76 Å². The van der Waals surface area contributed by atoms with Crippen molar-refractivity contribution in [1.29, 1.82) is 0 Å². The van der Waals surface area contributed by atoms with Crippen molar-refractivity contribution in [2.24, 2.45) is 7.05 Å². The van der Waals surface area contributed by atoms with Crippen molar-refractivity contribution in [3.63, 3.8) is 0 Å². The smallest absolute Gasteiger partial charge is 0.151 e. The SMILES string of the molecule is Cn1cc(-c2cc(CN3CCC(Nc4cccnn4)CC3)on2)cn1.I. The van der Waals surface area contributed by atoms with Gasteiger partial charge in [-0.25, -0.2) is 0 Å². The third kappa shape index (κ3) is 4.58. The molecular weight excluding hydrogens is 445 g/mol. The van der Waals surface area contributed by atoms with Crippen LogP contribution in [0.3, 0.4) is 0 Å². The Hall–Kier alpha value is -2.01. The summed E-state index contributed by atoms with van der Waals surface area (Å²) in [6.45, 7) is 2.81. The molecule has 1 N–H and O–H groups in total. The molecule has 3 aromatic heterocycles. The lowest BCUT2D eigenvalue weighted by Gasteiger charge is -2.31. The fourth-order valence-electron chi connectivity index (χ4n) is 3.12. The van der Waals surface area contributed by atoms with Gasteiger partial charge in [-0.2, -0.15) is 10.2 Å². The predicted octanol–water partition coefficient (Wildman–Crippen LogP) is 2.56. The van der Waals surface area contributed by atoms with Crippen LogP contribution in [-0.2, 0) is 13.6 Å². The quantitative estimate of drug-likeness (QED) is 0.578. The standard InChI is InChI=1S/C17H21N7O.HI/c1-23-11-13(10-19-23)16-9-15(25-22-16)12-24-7-4-14(5-8-24)20-17-3-2-6-18-21-17;/h2-3,6,9-11,14H,4-5,7-8,12H2,1H3,(H,20,21);1H. The number of rotatable bonds is 5. The largest absolute Gasteiger partial charge is 0.366 e. The number of aryl methyl sites for hydroxylation is 1. The van der Waals surface area contributed by atoms with Gasteiger partial charge < -0.3 is 9.84 Å². The van der Waals surface area contributed by atoms with Gasteiger partial charge in [-0.05, 0) is 25.0 Å². The molecule has 4 heterocycles. The fraction of sp³-hybridized carbons (Fsp3) is 0.412. The lowest BCUT2D eigenvalue weighted by molar-refractivity contribution is 0.189. The van der Waals surface area contributed by atoms with Crippen LogP contribution in [-0.4, -0.2) is 49.2 Å². The van der Waals surface area contributed by atoms with Crippen LogP contribution in [0.2, 0.25) is 0 Å². The zero-order valence-corrected chi connectivity index (χ0v) is 16.9. The number of halogens is 1. The highest BCUT2D eigenvalue weighted by atomic mass is 127. The van der Waals surface area contributed by atoms with Gasteiger partial charge in [-0.1, -0.05) is 5.16 Å². The maximum absolute atomic E-state index is 5.49. The average Bonchev–Trinajstić information content (AvgIpc) is 3.27. The number of nitrogens with zero attached hydrogens (tertiary/aromatic N) is 6. The third-order valence-electron chi connectivity index (χ3n) is 4.45. The second-order valence-electron chi connectivity index (χ2n) is 6.38. The minimum atomic E-state index is 0. The Morgan fingerprint density at radius 3 is 2.85 bits per heavy atom. The van der Waals surface area contributed by atoms with E-state index in [1.54, 1.807) is 17.1 Å². The van der Waals surface area contributed by atoms with Crippen LogP contribution in [0.25, 0.3) is 11.3 Å². The van der Waals surface area contributed by atoms with E-state index in [-0.39, 0.29) is 24.0 Å². The van der Waals surface area contributed by atoms with Gasteiger partial charge in [0.1, 0.15) is 11.5 Å². The number of piperidine rings is 1. The molecule has 0 unspecified atom stereocenters. The minimum absolute atomic E-state index is 0. The van der Waals surface area contributed by atoms with Gasteiger partial charge in [0, 0.05) is 50.2 Å². The molecule has 9 heteroatoms. The Bertz CT molecular complexity index is 811. The molecule has 8 nitrogen and oxygen atoms in total. The summed E-state index contributed by atoms with van der Waals surface area (Å²) < 4.78 is 7.25. The molecule has 0 spiro atoms. The molecule has 138 valence electrons. The highest BCUT2D eigenvalue weighted by molar-refractivity contribution is 14.0. The summed E-state index contributed by atoms with van der Waals surface area (Å²) in [5.74, 6) is 1.73. The van der Waals surface area contributed by atoms with E-state index < -0.39 is 0 Å². The van der Waals surface area contributed by atoms with Crippen molar-refractivity contribution >= 4 is 29.8 Å². The number of hydrogen-bond acceptors (Lipinski definition) is 7. The molecule has 26 heavy (non-hydrogen) atoms. The zero-order chi connectivity index (χ0) is 17.1. The van der Waals surface area contributed by atoms with E-state index in [0.717, 1.165) is 55.3 Å².